The molecule has 1 spiro atoms. The van der Waals surface area contributed by atoms with Crippen LogP contribution in [0.4, 0.5) is 5.69 Å². The molecule has 8 rings (SSSR count). The average molecular weight is 606 g/mol. The highest BCUT2D eigenvalue weighted by Gasteiger charge is 2.82. The molecule has 5 bridgehead atoms. The van der Waals surface area contributed by atoms with Crippen LogP contribution in [-0.2, 0) is 15.5 Å². The van der Waals surface area contributed by atoms with Crippen molar-refractivity contribution in [1.29, 1.82) is 0 Å². The molecule has 5 fully saturated rings. The van der Waals surface area contributed by atoms with Gasteiger partial charge in [-0.2, -0.15) is 0 Å². The zero-order chi connectivity index (χ0) is 27.2. The number of benzene rings is 2. The van der Waals surface area contributed by atoms with Gasteiger partial charge in [0.25, 0.3) is 0 Å². The van der Waals surface area contributed by atoms with Gasteiger partial charge in [0.15, 0.2) is 6.23 Å². The van der Waals surface area contributed by atoms with Crippen LogP contribution in [-0.4, -0.2) is 71.7 Å². The average Bonchev–Trinajstić information content (AvgIpc) is 3.27. The summed E-state index contributed by atoms with van der Waals surface area (Å²) >= 11 is 3.69. The van der Waals surface area contributed by atoms with E-state index in [0.717, 1.165) is 34.8 Å². The lowest BCUT2D eigenvalue weighted by Crippen LogP contribution is -2.83. The molecule has 6 aliphatic rings. The largest absolute Gasteiger partial charge is 0.744 e. The molecule has 206 valence electrons. The number of aliphatic hydroxyl groups excluding tert-OH is 2. The smallest absolute Gasteiger partial charge is 0.194 e. The van der Waals surface area contributed by atoms with Gasteiger partial charge in [-0.1, -0.05) is 48.0 Å². The Balaban J connectivity index is 0.000000225. The van der Waals surface area contributed by atoms with Crippen molar-refractivity contribution in [3.63, 3.8) is 0 Å². The fraction of sp³-hybridized carbons (Fsp3) is 0.586. The van der Waals surface area contributed by atoms with Crippen molar-refractivity contribution in [2.45, 2.75) is 80.3 Å². The molecule has 0 aromatic heterocycles. The Hall–Kier alpha value is -1.49. The Bertz CT molecular complexity index is 1340. The summed E-state index contributed by atoms with van der Waals surface area (Å²) in [4.78, 5) is 2.29. The van der Waals surface area contributed by atoms with Gasteiger partial charge in [-0.3, -0.25) is 4.48 Å². The van der Waals surface area contributed by atoms with Crippen molar-refractivity contribution in [3.8, 4) is 0 Å². The maximum atomic E-state index is 12.0. The molecule has 2 aromatic carbocycles. The van der Waals surface area contributed by atoms with Crippen molar-refractivity contribution < 1.29 is 27.7 Å². The SMILES string of the molecule is CCC[N+]12C3C[C@@]45c6cc(Br)ccc6N(C)[C@H]4[C@@H]1CC(C3C5O)[C@H](CC)[C@H]2O.O=S(=O)([O-])c1ccccc1. The lowest BCUT2D eigenvalue weighted by Gasteiger charge is -2.68. The lowest BCUT2D eigenvalue weighted by molar-refractivity contribution is -1.04. The molecule has 9 heteroatoms. The summed E-state index contributed by atoms with van der Waals surface area (Å²) in [6.07, 6.45) is 3.75. The number of halogens is 1. The van der Waals surface area contributed by atoms with E-state index < -0.39 is 10.1 Å². The highest BCUT2D eigenvalue weighted by molar-refractivity contribution is 9.10. The van der Waals surface area contributed by atoms with Crippen molar-refractivity contribution in [2.24, 2.45) is 17.8 Å². The number of anilines is 1. The van der Waals surface area contributed by atoms with E-state index in [4.69, 9.17) is 0 Å². The van der Waals surface area contributed by atoms with E-state index in [1.807, 2.05) is 0 Å². The van der Waals surface area contributed by atoms with E-state index in [2.05, 4.69) is 59.9 Å². The molecule has 0 amide bonds. The fourth-order valence-electron chi connectivity index (χ4n) is 9.83. The van der Waals surface area contributed by atoms with Crippen LogP contribution < -0.4 is 4.90 Å². The minimum atomic E-state index is -4.25. The predicted octanol–water partition coefficient (Wildman–Crippen LogP) is 3.83. The lowest BCUT2D eigenvalue weighted by atomic mass is 9.60. The molecule has 1 saturated carbocycles. The summed E-state index contributed by atoms with van der Waals surface area (Å²) in [5.74, 6) is 1.13. The maximum absolute atomic E-state index is 12.0. The second-order valence-corrected chi connectivity index (χ2v) is 14.3. The molecule has 5 heterocycles. The van der Waals surface area contributed by atoms with Crippen molar-refractivity contribution in [1.82, 2.24) is 0 Å². The fourth-order valence-corrected chi connectivity index (χ4v) is 10.7. The third kappa shape index (κ3) is 3.29. The molecule has 1 aliphatic carbocycles. The maximum Gasteiger partial charge on any atom is 0.194 e. The van der Waals surface area contributed by atoms with Gasteiger partial charge in [0.1, 0.15) is 16.2 Å². The quantitative estimate of drug-likeness (QED) is 0.406. The Morgan fingerprint density at radius 3 is 2.45 bits per heavy atom. The molecule has 10 atom stereocenters. The van der Waals surface area contributed by atoms with E-state index in [0.29, 0.717) is 29.8 Å². The van der Waals surface area contributed by atoms with E-state index in [-0.39, 0.29) is 28.7 Å². The Kier molecular flexibility index (Phi) is 6.34. The Labute approximate surface area is 233 Å². The zero-order valence-electron chi connectivity index (χ0n) is 22.1. The topological polar surface area (TPSA) is 101 Å². The van der Waals surface area contributed by atoms with Crippen LogP contribution in [0.5, 0.6) is 0 Å². The second-order valence-electron chi connectivity index (χ2n) is 12.0. The predicted molar refractivity (Wildman–Crippen MR) is 147 cm³/mol. The normalized spacial score (nSPS) is 41.5. The first-order valence-corrected chi connectivity index (χ1v) is 16.0. The summed E-state index contributed by atoms with van der Waals surface area (Å²) in [5, 5.41) is 23.7. The molecule has 4 saturated heterocycles. The van der Waals surface area contributed by atoms with Crippen LogP contribution >= 0.6 is 15.9 Å². The van der Waals surface area contributed by atoms with Crippen LogP contribution in [0.3, 0.4) is 0 Å². The van der Waals surface area contributed by atoms with Crippen LogP contribution in [0.2, 0.25) is 0 Å². The van der Waals surface area contributed by atoms with Gasteiger partial charge in [0, 0.05) is 41.9 Å². The van der Waals surface area contributed by atoms with Crippen molar-refractivity contribution in [3.05, 3.63) is 58.6 Å². The molecule has 5 unspecified atom stereocenters. The van der Waals surface area contributed by atoms with Gasteiger partial charge < -0.3 is 19.7 Å². The van der Waals surface area contributed by atoms with Gasteiger partial charge >= 0.3 is 0 Å². The molecule has 2 N–H and O–H groups in total. The third-order valence-electron chi connectivity index (χ3n) is 10.8. The molecule has 7 nitrogen and oxygen atoms in total. The first-order valence-electron chi connectivity index (χ1n) is 13.8. The molecule has 5 aliphatic heterocycles. The van der Waals surface area contributed by atoms with Crippen molar-refractivity contribution >= 4 is 31.7 Å². The van der Waals surface area contributed by atoms with Gasteiger partial charge in [-0.15, -0.1) is 0 Å². The molecule has 38 heavy (non-hydrogen) atoms. The number of quaternary nitrogens is 1. The summed E-state index contributed by atoms with van der Waals surface area (Å²) in [6, 6.07) is 14.9. The number of hydrogen-bond donors (Lipinski definition) is 2. The number of hydrogen-bond acceptors (Lipinski definition) is 6. The van der Waals surface area contributed by atoms with E-state index in [1.54, 1.807) is 6.07 Å². The minimum absolute atomic E-state index is 0.166. The van der Waals surface area contributed by atoms with Crippen LogP contribution in [0, 0.1) is 17.8 Å². The summed E-state index contributed by atoms with van der Waals surface area (Å²) < 4.78 is 32.8. The zero-order valence-corrected chi connectivity index (χ0v) is 24.5. The van der Waals surface area contributed by atoms with E-state index in [9.17, 15) is 23.2 Å². The Morgan fingerprint density at radius 1 is 1.13 bits per heavy atom. The highest BCUT2D eigenvalue weighted by Crippen LogP contribution is 2.71. The number of fused-ring (bicyclic) bond motifs is 2. The van der Waals surface area contributed by atoms with Crippen LogP contribution in [0.15, 0.2) is 57.9 Å². The minimum Gasteiger partial charge on any atom is -0.744 e. The van der Waals surface area contributed by atoms with Crippen LogP contribution in [0.1, 0.15) is 45.1 Å². The number of likely N-dealkylation sites (N-methyl/N-ethyl adjacent to an activating group) is 1. The summed E-state index contributed by atoms with van der Waals surface area (Å²) in [7, 11) is -2.02. The van der Waals surface area contributed by atoms with Crippen LogP contribution in [0.25, 0.3) is 0 Å². The first kappa shape index (κ1) is 26.7. The van der Waals surface area contributed by atoms with Gasteiger partial charge in [0.2, 0.25) is 0 Å². The summed E-state index contributed by atoms with van der Waals surface area (Å²) in [6.45, 7) is 5.54. The summed E-state index contributed by atoms with van der Waals surface area (Å²) in [5.41, 5.74) is 2.47. The molecule has 0 radical (unpaired) electrons. The third-order valence-corrected chi connectivity index (χ3v) is 12.2. The second kappa shape index (κ2) is 9.01. The van der Waals surface area contributed by atoms with Crippen molar-refractivity contribution in [2.75, 3.05) is 18.5 Å². The standard InChI is InChI=1S/C23H32BrN2O2.C6H6O3S/c1-4-8-26-17-10-14(13(5-2)22(26)28)19-18(26)11-23(21(19)27)15-9-12(24)6-7-16(15)25(3)20(17)23;7-10(8,9)6-4-2-1-3-5-6/h6-7,9,13-14,17-22,27-28H,4-5,8,10-11H2,1-3H3;1-5H,(H,7,8,9)/q+1;/p-1/t13-,14?,17-,18?,19?,20-,21?,22+,23+,26?;/m0./s1. The highest BCUT2D eigenvalue weighted by atomic mass is 79.9. The number of aliphatic hydroxyl groups is 2. The molecular weight excluding hydrogens is 568 g/mol. The number of piperidine rings is 4. The number of rotatable bonds is 4. The van der Waals surface area contributed by atoms with Gasteiger partial charge in [-0.25, -0.2) is 8.42 Å². The van der Waals surface area contributed by atoms with E-state index >= 15 is 0 Å². The Morgan fingerprint density at radius 2 is 1.84 bits per heavy atom. The monoisotopic (exact) mass is 604 g/mol. The first-order chi connectivity index (χ1) is 18.0. The molecule has 2 aromatic rings. The van der Waals surface area contributed by atoms with Gasteiger partial charge in [0.05, 0.1) is 35.0 Å². The number of nitrogens with zero attached hydrogens (tertiary/aromatic N) is 2. The van der Waals surface area contributed by atoms with E-state index in [1.165, 1.54) is 41.9 Å². The molecular formula is C29H37BrN2O5S. The van der Waals surface area contributed by atoms with Gasteiger partial charge in [-0.05, 0) is 54.7 Å².